The molecule has 18 heavy (non-hydrogen) atoms. The van der Waals surface area contributed by atoms with Crippen LogP contribution in [0.2, 0.25) is 5.02 Å². The number of hydrogen-bond donors (Lipinski definition) is 1. The third kappa shape index (κ3) is 4.62. The summed E-state index contributed by atoms with van der Waals surface area (Å²) in [6.45, 7) is 7.74. The van der Waals surface area contributed by atoms with Crippen LogP contribution in [0.15, 0.2) is 24.3 Å². The van der Waals surface area contributed by atoms with Gasteiger partial charge in [0, 0.05) is 11.1 Å². The largest absolute Gasteiger partial charge is 0.310 e. The molecular weight excluding hydrogens is 242 g/mol. The minimum absolute atomic E-state index is 0.462. The minimum atomic E-state index is 0.462. The molecule has 0 heterocycles. The molecule has 1 N–H and O–H groups in total. The summed E-state index contributed by atoms with van der Waals surface area (Å²) in [5.74, 6) is 0.714. The van der Waals surface area contributed by atoms with Gasteiger partial charge >= 0.3 is 0 Å². The van der Waals surface area contributed by atoms with Crippen molar-refractivity contribution in [2.24, 2.45) is 5.92 Å². The third-order valence-corrected chi connectivity index (χ3v) is 3.83. The first-order valence-electron chi connectivity index (χ1n) is 7.21. The lowest BCUT2D eigenvalue weighted by Crippen LogP contribution is -2.28. The molecule has 2 unspecified atom stereocenters. The summed E-state index contributed by atoms with van der Waals surface area (Å²) >= 11 is 5.97. The molecule has 0 fully saturated rings. The van der Waals surface area contributed by atoms with Gasteiger partial charge in [-0.2, -0.15) is 0 Å². The Balaban J connectivity index is 2.81. The molecular formula is C16H26ClN. The fraction of sp³-hybridized carbons (Fsp3) is 0.625. The minimum Gasteiger partial charge on any atom is -0.310 e. The van der Waals surface area contributed by atoms with Gasteiger partial charge in [-0.3, -0.25) is 0 Å². The molecule has 0 aromatic heterocycles. The summed E-state index contributed by atoms with van der Waals surface area (Å²) < 4.78 is 0. The number of nitrogens with one attached hydrogen (secondary N) is 1. The molecule has 0 aliphatic carbocycles. The number of rotatable bonds is 8. The normalized spacial score (nSPS) is 14.4. The zero-order valence-corrected chi connectivity index (χ0v) is 12.6. The molecule has 1 rings (SSSR count). The lowest BCUT2D eigenvalue weighted by Gasteiger charge is -2.27. The Morgan fingerprint density at radius 3 is 2.28 bits per heavy atom. The highest BCUT2D eigenvalue weighted by Crippen LogP contribution is 2.29. The lowest BCUT2D eigenvalue weighted by molar-refractivity contribution is 0.328. The van der Waals surface area contributed by atoms with Gasteiger partial charge in [-0.05, 0) is 36.6 Å². The topological polar surface area (TPSA) is 12.0 Å². The average Bonchev–Trinajstić information content (AvgIpc) is 2.39. The molecule has 0 amide bonds. The second-order valence-electron chi connectivity index (χ2n) is 4.90. The van der Waals surface area contributed by atoms with Crippen molar-refractivity contribution in [3.8, 4) is 0 Å². The van der Waals surface area contributed by atoms with E-state index in [-0.39, 0.29) is 0 Å². The van der Waals surface area contributed by atoms with Crippen LogP contribution in [0.25, 0.3) is 0 Å². The first-order valence-corrected chi connectivity index (χ1v) is 7.59. The first-order chi connectivity index (χ1) is 8.72. The summed E-state index contributed by atoms with van der Waals surface area (Å²) in [4.78, 5) is 0. The Kier molecular flexibility index (Phi) is 7.38. The molecule has 0 saturated carbocycles. The van der Waals surface area contributed by atoms with Gasteiger partial charge in [0.05, 0.1) is 0 Å². The monoisotopic (exact) mass is 267 g/mol. The first kappa shape index (κ1) is 15.5. The molecule has 1 aromatic carbocycles. The summed E-state index contributed by atoms with van der Waals surface area (Å²) in [6, 6.07) is 8.76. The van der Waals surface area contributed by atoms with Crippen molar-refractivity contribution in [1.82, 2.24) is 5.32 Å². The van der Waals surface area contributed by atoms with Crippen LogP contribution in [0.1, 0.15) is 58.1 Å². The number of unbranched alkanes of at least 4 members (excludes halogenated alkanes) is 1. The molecule has 0 aliphatic heterocycles. The molecule has 1 nitrogen and oxygen atoms in total. The van der Waals surface area contributed by atoms with Crippen molar-refractivity contribution in [2.45, 2.75) is 52.5 Å². The van der Waals surface area contributed by atoms with E-state index in [1.807, 2.05) is 12.1 Å². The molecule has 0 spiro atoms. The molecule has 0 radical (unpaired) electrons. The number of benzene rings is 1. The van der Waals surface area contributed by atoms with E-state index in [2.05, 4.69) is 38.2 Å². The van der Waals surface area contributed by atoms with Crippen LogP contribution in [0.5, 0.6) is 0 Å². The molecule has 2 heteroatoms. The second kappa shape index (κ2) is 8.55. The molecule has 102 valence electrons. The standard InChI is InChI=1S/C16H26ClN/c1-4-7-8-13(5-2)16(18-6-3)14-9-11-15(17)12-10-14/h9-13,16,18H,4-8H2,1-3H3. The van der Waals surface area contributed by atoms with E-state index in [1.165, 1.54) is 31.2 Å². The van der Waals surface area contributed by atoms with Crippen LogP contribution < -0.4 is 5.32 Å². The summed E-state index contributed by atoms with van der Waals surface area (Å²) in [6.07, 6.45) is 5.11. The van der Waals surface area contributed by atoms with Crippen LogP contribution in [0.4, 0.5) is 0 Å². The predicted octanol–water partition coefficient (Wildman–Crippen LogP) is 5.21. The van der Waals surface area contributed by atoms with Gasteiger partial charge in [-0.1, -0.05) is 63.8 Å². The number of halogens is 1. The van der Waals surface area contributed by atoms with Gasteiger partial charge in [0.2, 0.25) is 0 Å². The lowest BCUT2D eigenvalue weighted by atomic mass is 9.87. The van der Waals surface area contributed by atoms with Gasteiger partial charge in [0.25, 0.3) is 0 Å². The predicted molar refractivity (Wildman–Crippen MR) is 81.2 cm³/mol. The van der Waals surface area contributed by atoms with Gasteiger partial charge in [0.1, 0.15) is 0 Å². The maximum absolute atomic E-state index is 5.97. The maximum atomic E-state index is 5.97. The zero-order valence-electron chi connectivity index (χ0n) is 11.9. The highest BCUT2D eigenvalue weighted by atomic mass is 35.5. The highest BCUT2D eigenvalue weighted by Gasteiger charge is 2.20. The van der Waals surface area contributed by atoms with E-state index in [9.17, 15) is 0 Å². The van der Waals surface area contributed by atoms with Crippen molar-refractivity contribution in [3.05, 3.63) is 34.9 Å². The van der Waals surface area contributed by atoms with Crippen molar-refractivity contribution >= 4 is 11.6 Å². The second-order valence-corrected chi connectivity index (χ2v) is 5.33. The maximum Gasteiger partial charge on any atom is 0.0406 e. The Morgan fingerprint density at radius 2 is 1.78 bits per heavy atom. The molecule has 1 aromatic rings. The van der Waals surface area contributed by atoms with E-state index in [1.54, 1.807) is 0 Å². The summed E-state index contributed by atoms with van der Waals surface area (Å²) in [5, 5.41) is 4.45. The SMILES string of the molecule is CCCCC(CC)C(NCC)c1ccc(Cl)cc1. The molecule has 0 bridgehead atoms. The highest BCUT2D eigenvalue weighted by molar-refractivity contribution is 6.30. The fourth-order valence-corrected chi connectivity index (χ4v) is 2.65. The number of hydrogen-bond acceptors (Lipinski definition) is 1. The van der Waals surface area contributed by atoms with Crippen molar-refractivity contribution in [1.29, 1.82) is 0 Å². The zero-order chi connectivity index (χ0) is 13.4. The van der Waals surface area contributed by atoms with E-state index < -0.39 is 0 Å². The van der Waals surface area contributed by atoms with Crippen LogP contribution in [0.3, 0.4) is 0 Å². The van der Waals surface area contributed by atoms with Crippen LogP contribution in [-0.4, -0.2) is 6.54 Å². The summed E-state index contributed by atoms with van der Waals surface area (Å²) in [7, 11) is 0. The van der Waals surface area contributed by atoms with Crippen LogP contribution in [-0.2, 0) is 0 Å². The van der Waals surface area contributed by atoms with Gasteiger partial charge in [-0.15, -0.1) is 0 Å². The Bertz CT molecular complexity index is 320. The average molecular weight is 268 g/mol. The van der Waals surface area contributed by atoms with E-state index >= 15 is 0 Å². The van der Waals surface area contributed by atoms with Crippen LogP contribution >= 0.6 is 11.6 Å². The molecule has 2 atom stereocenters. The van der Waals surface area contributed by atoms with Gasteiger partial charge in [0.15, 0.2) is 0 Å². The van der Waals surface area contributed by atoms with E-state index in [0.29, 0.717) is 12.0 Å². The quantitative estimate of drug-likeness (QED) is 0.682. The van der Waals surface area contributed by atoms with Crippen LogP contribution in [0, 0.1) is 5.92 Å². The van der Waals surface area contributed by atoms with E-state index in [4.69, 9.17) is 11.6 Å². The van der Waals surface area contributed by atoms with Crippen molar-refractivity contribution < 1.29 is 0 Å². The Labute approximate surface area is 117 Å². The van der Waals surface area contributed by atoms with Gasteiger partial charge < -0.3 is 5.32 Å². The van der Waals surface area contributed by atoms with Gasteiger partial charge in [-0.25, -0.2) is 0 Å². The third-order valence-electron chi connectivity index (χ3n) is 3.58. The molecule has 0 saturated heterocycles. The van der Waals surface area contributed by atoms with Crippen molar-refractivity contribution in [3.63, 3.8) is 0 Å². The van der Waals surface area contributed by atoms with Crippen molar-refractivity contribution in [2.75, 3.05) is 6.54 Å². The smallest absolute Gasteiger partial charge is 0.0406 e. The van der Waals surface area contributed by atoms with E-state index in [0.717, 1.165) is 11.6 Å². The molecule has 0 aliphatic rings. The fourth-order valence-electron chi connectivity index (χ4n) is 2.52. The summed E-state index contributed by atoms with van der Waals surface area (Å²) in [5.41, 5.74) is 1.37. The Hall–Kier alpha value is -0.530. The Morgan fingerprint density at radius 1 is 1.11 bits per heavy atom.